The van der Waals surface area contributed by atoms with E-state index in [1.807, 2.05) is 31.2 Å². The Labute approximate surface area is 190 Å². The summed E-state index contributed by atoms with van der Waals surface area (Å²) >= 11 is 0.190. The predicted molar refractivity (Wildman–Crippen MR) is 119 cm³/mol. The molecule has 1 aliphatic rings. The number of rotatable bonds is 9. The molecule has 0 spiro atoms. The maximum Gasteiger partial charge on any atom is 0.291 e. The van der Waals surface area contributed by atoms with E-state index in [1.54, 1.807) is 6.92 Å². The van der Waals surface area contributed by atoms with Crippen molar-refractivity contribution in [3.05, 3.63) is 57.0 Å². The Morgan fingerprint density at radius 1 is 1.25 bits per heavy atom. The number of alkyl halides is 2. The number of aromatic amines is 1. The van der Waals surface area contributed by atoms with Crippen molar-refractivity contribution in [1.82, 2.24) is 20.2 Å². The second kappa shape index (κ2) is 11.5. The molecule has 1 saturated heterocycles. The zero-order valence-corrected chi connectivity index (χ0v) is 19.0. The first-order valence-electron chi connectivity index (χ1n) is 10.5. The molecular formula is C22H28F2N4O3S. The van der Waals surface area contributed by atoms with E-state index >= 15 is 0 Å². The number of hydrogen-bond donors (Lipinski definition) is 2. The van der Waals surface area contributed by atoms with E-state index in [1.165, 1.54) is 0 Å². The second-order valence-electron chi connectivity index (χ2n) is 7.76. The van der Waals surface area contributed by atoms with Crippen molar-refractivity contribution in [2.45, 2.75) is 43.6 Å². The topological polar surface area (TPSA) is 87.3 Å². The van der Waals surface area contributed by atoms with Crippen molar-refractivity contribution >= 4 is 17.7 Å². The van der Waals surface area contributed by atoms with Crippen LogP contribution < -0.4 is 10.9 Å². The molecule has 1 amide bonds. The number of nitrogens with zero attached hydrogens (tertiary/aromatic N) is 2. The van der Waals surface area contributed by atoms with Gasteiger partial charge in [-0.05, 0) is 37.6 Å². The van der Waals surface area contributed by atoms with Crippen LogP contribution in [0.15, 0.2) is 34.2 Å². The van der Waals surface area contributed by atoms with Crippen LogP contribution in [-0.2, 0) is 16.0 Å². The summed E-state index contributed by atoms with van der Waals surface area (Å²) in [5, 5.41) is 2.96. The van der Waals surface area contributed by atoms with Crippen LogP contribution in [0.25, 0.3) is 0 Å². The molecule has 7 nitrogen and oxygen atoms in total. The van der Waals surface area contributed by atoms with Gasteiger partial charge in [0, 0.05) is 37.3 Å². The number of benzene rings is 1. The first-order valence-corrected chi connectivity index (χ1v) is 11.4. The summed E-state index contributed by atoms with van der Waals surface area (Å²) in [6, 6.07) is 7.86. The molecular weight excluding hydrogens is 438 g/mol. The minimum absolute atomic E-state index is 0.0956. The lowest BCUT2D eigenvalue weighted by Gasteiger charge is -2.31. The Hall–Kier alpha value is -2.30. The number of morpholine rings is 1. The SMILES string of the molecule is Cc1ccc(C(CN2CCOCC2)NC(=O)CCc2c(C)nc(SC(F)F)[nH]c2=O)cc1. The van der Waals surface area contributed by atoms with E-state index in [-0.39, 0.29) is 41.7 Å². The van der Waals surface area contributed by atoms with Crippen molar-refractivity contribution in [3.63, 3.8) is 0 Å². The van der Waals surface area contributed by atoms with Crippen LogP contribution in [0.4, 0.5) is 8.78 Å². The smallest absolute Gasteiger partial charge is 0.291 e. The van der Waals surface area contributed by atoms with Crippen molar-refractivity contribution < 1.29 is 18.3 Å². The zero-order valence-electron chi connectivity index (χ0n) is 18.2. The van der Waals surface area contributed by atoms with E-state index in [9.17, 15) is 18.4 Å². The van der Waals surface area contributed by atoms with Gasteiger partial charge < -0.3 is 15.0 Å². The fourth-order valence-corrected chi connectivity index (χ4v) is 4.11. The predicted octanol–water partition coefficient (Wildman–Crippen LogP) is 2.82. The quantitative estimate of drug-likeness (QED) is 0.437. The molecule has 1 unspecified atom stereocenters. The lowest BCUT2D eigenvalue weighted by molar-refractivity contribution is -0.122. The third kappa shape index (κ3) is 7.11. The van der Waals surface area contributed by atoms with Gasteiger partial charge in [-0.2, -0.15) is 8.78 Å². The molecule has 2 N–H and O–H groups in total. The number of hydrogen-bond acceptors (Lipinski definition) is 6. The number of amides is 1. The molecule has 32 heavy (non-hydrogen) atoms. The first-order chi connectivity index (χ1) is 15.3. The summed E-state index contributed by atoms with van der Waals surface area (Å²) in [4.78, 5) is 33.7. The van der Waals surface area contributed by atoms with Crippen molar-refractivity contribution in [3.8, 4) is 0 Å². The summed E-state index contributed by atoms with van der Waals surface area (Å²) in [5.41, 5.74) is 2.35. The Morgan fingerprint density at radius 3 is 2.56 bits per heavy atom. The third-order valence-electron chi connectivity index (χ3n) is 5.36. The number of ether oxygens (including phenoxy) is 1. The summed E-state index contributed by atoms with van der Waals surface area (Å²) in [6.45, 7) is 7.22. The largest absolute Gasteiger partial charge is 0.379 e. The first kappa shape index (κ1) is 24.3. The van der Waals surface area contributed by atoms with Gasteiger partial charge in [-0.1, -0.05) is 29.8 Å². The van der Waals surface area contributed by atoms with Gasteiger partial charge in [0.1, 0.15) is 0 Å². The fraction of sp³-hybridized carbons (Fsp3) is 0.500. The Bertz CT molecular complexity index is 963. The maximum atomic E-state index is 12.8. The van der Waals surface area contributed by atoms with Crippen molar-refractivity contribution in [2.75, 3.05) is 32.8 Å². The lowest BCUT2D eigenvalue weighted by atomic mass is 10.0. The van der Waals surface area contributed by atoms with Crippen molar-refractivity contribution in [2.24, 2.45) is 0 Å². The summed E-state index contributed by atoms with van der Waals surface area (Å²) in [5.74, 6) is -2.85. The van der Waals surface area contributed by atoms with Crippen LogP contribution >= 0.6 is 11.8 Å². The van der Waals surface area contributed by atoms with Crippen LogP contribution in [0.1, 0.15) is 34.8 Å². The maximum absolute atomic E-state index is 12.8. The number of carbonyl (C=O) groups is 1. The molecule has 3 rings (SSSR count). The van der Waals surface area contributed by atoms with Crippen molar-refractivity contribution in [1.29, 1.82) is 0 Å². The van der Waals surface area contributed by atoms with Gasteiger partial charge in [0.2, 0.25) is 5.91 Å². The van der Waals surface area contributed by atoms with Gasteiger partial charge in [0.25, 0.3) is 11.3 Å². The van der Waals surface area contributed by atoms with Gasteiger partial charge in [0.05, 0.1) is 19.3 Å². The van der Waals surface area contributed by atoms with E-state index in [2.05, 4.69) is 20.2 Å². The molecule has 1 aromatic heterocycles. The summed E-state index contributed by atoms with van der Waals surface area (Å²) in [6.07, 6.45) is 0.274. The Morgan fingerprint density at radius 2 is 1.94 bits per heavy atom. The normalized spacial score (nSPS) is 15.7. The highest BCUT2D eigenvalue weighted by Crippen LogP contribution is 2.21. The molecule has 1 atom stereocenters. The van der Waals surface area contributed by atoms with Gasteiger partial charge in [0.15, 0.2) is 5.16 Å². The van der Waals surface area contributed by atoms with Gasteiger partial charge >= 0.3 is 0 Å². The number of thioether (sulfide) groups is 1. The molecule has 0 bridgehead atoms. The average Bonchev–Trinajstić information content (AvgIpc) is 2.73. The molecule has 1 aliphatic heterocycles. The van der Waals surface area contributed by atoms with Crippen LogP contribution in [0, 0.1) is 13.8 Å². The standard InChI is InChI=1S/C22H28F2N4O3S/c1-14-3-5-16(6-4-14)18(13-28-9-11-31-12-10-28)26-19(29)8-7-17-15(2)25-22(27-20(17)30)32-21(23)24/h3-6,18,21H,7-13H2,1-2H3,(H,26,29)(H,25,27,30). The van der Waals surface area contributed by atoms with Crippen LogP contribution in [-0.4, -0.2) is 59.4 Å². The monoisotopic (exact) mass is 466 g/mol. The number of carbonyl (C=O) groups excluding carboxylic acids is 1. The number of H-pyrrole nitrogens is 1. The van der Waals surface area contributed by atoms with E-state index in [0.717, 1.165) is 24.2 Å². The van der Waals surface area contributed by atoms with Crippen LogP contribution in [0.2, 0.25) is 0 Å². The average molecular weight is 467 g/mol. The number of aryl methyl sites for hydroxylation is 2. The highest BCUT2D eigenvalue weighted by Gasteiger charge is 2.21. The number of aromatic nitrogens is 2. The molecule has 0 aliphatic carbocycles. The fourth-order valence-electron chi connectivity index (χ4n) is 3.60. The summed E-state index contributed by atoms with van der Waals surface area (Å²) < 4.78 is 30.5. The Kier molecular flexibility index (Phi) is 8.77. The molecule has 0 radical (unpaired) electrons. The zero-order chi connectivity index (χ0) is 23.1. The highest BCUT2D eigenvalue weighted by atomic mass is 32.2. The van der Waals surface area contributed by atoms with Gasteiger partial charge in [-0.3, -0.25) is 14.5 Å². The third-order valence-corrected chi connectivity index (χ3v) is 5.96. The van der Waals surface area contributed by atoms with E-state index in [4.69, 9.17) is 4.74 Å². The number of halogens is 2. The molecule has 174 valence electrons. The Balaban J connectivity index is 1.65. The highest BCUT2D eigenvalue weighted by molar-refractivity contribution is 7.99. The minimum atomic E-state index is -2.67. The second-order valence-corrected chi connectivity index (χ2v) is 8.74. The molecule has 0 saturated carbocycles. The molecule has 1 fully saturated rings. The van der Waals surface area contributed by atoms with Gasteiger partial charge in [-0.25, -0.2) is 4.98 Å². The van der Waals surface area contributed by atoms with Crippen LogP contribution in [0.3, 0.4) is 0 Å². The van der Waals surface area contributed by atoms with E-state index < -0.39 is 11.3 Å². The summed E-state index contributed by atoms with van der Waals surface area (Å²) in [7, 11) is 0. The lowest BCUT2D eigenvalue weighted by Crippen LogP contribution is -2.43. The van der Waals surface area contributed by atoms with Crippen LogP contribution in [0.5, 0.6) is 0 Å². The molecule has 1 aromatic carbocycles. The molecule has 2 heterocycles. The van der Waals surface area contributed by atoms with E-state index in [0.29, 0.717) is 31.0 Å². The number of nitrogens with one attached hydrogen (secondary N) is 2. The molecule has 2 aromatic rings. The molecule has 10 heteroatoms. The van der Waals surface area contributed by atoms with Gasteiger partial charge in [-0.15, -0.1) is 0 Å². The minimum Gasteiger partial charge on any atom is -0.379 e.